The van der Waals surface area contributed by atoms with Crippen LogP contribution in [0.3, 0.4) is 0 Å². The van der Waals surface area contributed by atoms with E-state index in [1.807, 2.05) is 20.8 Å². The van der Waals surface area contributed by atoms with E-state index in [9.17, 15) is 28.8 Å². The van der Waals surface area contributed by atoms with Gasteiger partial charge in [0.2, 0.25) is 35.2 Å². The average molecular weight is 982 g/mol. The van der Waals surface area contributed by atoms with Crippen molar-refractivity contribution >= 4 is 69.5 Å². The Bertz CT molecular complexity index is 2930. The molecule has 1 atom stereocenters. The molecule has 0 radical (unpaired) electrons. The summed E-state index contributed by atoms with van der Waals surface area (Å²) in [6, 6.07) is 4.38. The van der Waals surface area contributed by atoms with Gasteiger partial charge in [0, 0.05) is 64.6 Å². The predicted molar refractivity (Wildman–Crippen MR) is 257 cm³/mol. The molecular weight excluding hydrogens is 923 g/mol. The number of oxazole rings is 2. The van der Waals surface area contributed by atoms with Gasteiger partial charge in [-0.05, 0) is 37.5 Å². The smallest absolute Gasteiger partial charge is 0.309 e. The zero-order chi connectivity index (χ0) is 51.2. The van der Waals surface area contributed by atoms with Gasteiger partial charge in [-0.3, -0.25) is 44.0 Å². The van der Waals surface area contributed by atoms with Gasteiger partial charge in [0.25, 0.3) is 11.8 Å². The Kier molecular flexibility index (Phi) is 18.3. The van der Waals surface area contributed by atoms with Crippen molar-refractivity contribution in [3.8, 4) is 5.75 Å². The monoisotopic (exact) mass is 981 g/mol. The SMILES string of the molecule is CCCOCCOCCC(=O)C[C@@H](C)C(=O)OCCCOc1cc(C(N)=O)cc2nc(NC(=O)c3oc(C)nc3CC)n(C/C=C/Cn3c(NC(=O)c4oc(C)nc4CC)nc4cc(C(N)=O)cnc43)c12. The first-order valence-electron chi connectivity index (χ1n) is 23.3. The number of carbonyl (C=O) groups excluding carboxylic acids is 6. The first kappa shape index (κ1) is 52.6. The molecule has 6 rings (SSSR count). The highest BCUT2D eigenvalue weighted by atomic mass is 16.5. The Morgan fingerprint density at radius 3 is 1.90 bits per heavy atom. The van der Waals surface area contributed by atoms with E-state index in [4.69, 9.17) is 39.2 Å². The number of carbonyl (C=O) groups is 6. The number of aromatic nitrogens is 7. The van der Waals surface area contributed by atoms with Gasteiger partial charge in [0.1, 0.15) is 22.6 Å². The molecule has 0 saturated carbocycles. The van der Waals surface area contributed by atoms with Crippen LogP contribution in [-0.2, 0) is 49.7 Å². The Hall–Kier alpha value is -7.79. The molecular formula is C48H59N11O12. The van der Waals surface area contributed by atoms with Crippen LogP contribution in [0.2, 0.25) is 0 Å². The molecule has 4 amide bonds. The lowest BCUT2D eigenvalue weighted by Gasteiger charge is -2.14. The van der Waals surface area contributed by atoms with Crippen molar-refractivity contribution < 1.29 is 56.5 Å². The number of rotatable bonds is 28. The number of hydrogen-bond acceptors (Lipinski definition) is 17. The van der Waals surface area contributed by atoms with Crippen LogP contribution in [0.25, 0.3) is 22.2 Å². The van der Waals surface area contributed by atoms with E-state index < -0.39 is 35.5 Å². The van der Waals surface area contributed by atoms with Crippen molar-refractivity contribution in [2.75, 3.05) is 50.3 Å². The molecule has 5 aromatic heterocycles. The average Bonchev–Trinajstić information content (AvgIpc) is 4.11. The van der Waals surface area contributed by atoms with E-state index in [-0.39, 0.29) is 109 Å². The lowest BCUT2D eigenvalue weighted by atomic mass is 10.0. The number of allylic oxidation sites excluding steroid dienone is 2. The Labute approximate surface area is 408 Å². The van der Waals surface area contributed by atoms with Crippen molar-refractivity contribution in [2.45, 2.75) is 93.2 Å². The molecule has 0 spiro atoms. The summed E-state index contributed by atoms with van der Waals surface area (Å²) in [5, 5.41) is 5.60. The number of pyridine rings is 1. The number of ether oxygens (including phenoxy) is 4. The maximum atomic E-state index is 13.8. The molecule has 0 saturated heterocycles. The normalized spacial score (nSPS) is 11.9. The minimum atomic E-state index is -0.761. The number of imidazole rings is 2. The predicted octanol–water partition coefficient (Wildman–Crippen LogP) is 5.20. The third-order valence-electron chi connectivity index (χ3n) is 10.8. The number of Topliss-reactive ketones (excluding diaryl/α,β-unsaturated/α-hetero) is 1. The maximum Gasteiger partial charge on any atom is 0.309 e. The molecule has 0 aliphatic heterocycles. The van der Waals surface area contributed by atoms with Gasteiger partial charge in [0.15, 0.2) is 17.4 Å². The van der Waals surface area contributed by atoms with Crippen molar-refractivity contribution in [1.82, 2.24) is 34.1 Å². The lowest BCUT2D eigenvalue weighted by molar-refractivity contribution is -0.149. The lowest BCUT2D eigenvalue weighted by Crippen LogP contribution is -2.20. The highest BCUT2D eigenvalue weighted by Gasteiger charge is 2.25. The summed E-state index contributed by atoms with van der Waals surface area (Å²) in [4.78, 5) is 99.4. The van der Waals surface area contributed by atoms with Crippen LogP contribution < -0.4 is 26.8 Å². The van der Waals surface area contributed by atoms with Gasteiger partial charge in [0.05, 0.1) is 61.4 Å². The van der Waals surface area contributed by atoms with E-state index in [2.05, 4.69) is 35.6 Å². The van der Waals surface area contributed by atoms with Crippen LogP contribution in [0.15, 0.2) is 45.4 Å². The van der Waals surface area contributed by atoms with Crippen LogP contribution in [0, 0.1) is 19.8 Å². The second-order valence-corrected chi connectivity index (χ2v) is 16.3. The molecule has 6 aromatic rings. The number of amides is 4. The minimum Gasteiger partial charge on any atom is -0.491 e. The summed E-state index contributed by atoms with van der Waals surface area (Å²) in [7, 11) is 0. The van der Waals surface area contributed by atoms with E-state index in [0.717, 1.165) is 6.42 Å². The largest absolute Gasteiger partial charge is 0.491 e. The highest BCUT2D eigenvalue weighted by Crippen LogP contribution is 2.32. The van der Waals surface area contributed by atoms with Crippen molar-refractivity contribution in [3.05, 3.63) is 82.4 Å². The molecule has 71 heavy (non-hydrogen) atoms. The first-order chi connectivity index (χ1) is 34.1. The number of hydrogen-bond donors (Lipinski definition) is 4. The standard InChI is InChI=1S/C48H59N11O12/c1-7-16-66-20-21-67-19-13-32(60)22-27(4)46(65)69-18-12-17-68-37-25-30(41(49)61)23-35-38(37)58(47(54-35)56-44(63)39-33(8-2)52-28(5)70-39)14-10-11-15-59-43-36(24-31(26-51-43)42(50)62)55-48(59)57-45(64)40-34(9-3)53-29(6)71-40/h10-11,23-27H,7-9,12-22H2,1-6H3,(H2,49,61)(H2,50,62)(H,54,56,63)(H,55,57,64)/b11-10+/t27-/m1/s1. The summed E-state index contributed by atoms with van der Waals surface area (Å²) >= 11 is 0. The van der Waals surface area contributed by atoms with Crippen LogP contribution in [0.4, 0.5) is 11.9 Å². The Morgan fingerprint density at radius 2 is 1.30 bits per heavy atom. The number of esters is 1. The van der Waals surface area contributed by atoms with Gasteiger partial charge in [-0.25, -0.2) is 24.9 Å². The van der Waals surface area contributed by atoms with Crippen LogP contribution in [0.1, 0.15) is 118 Å². The number of aryl methyl sites for hydroxylation is 4. The molecule has 378 valence electrons. The minimum absolute atomic E-state index is 0.000462. The number of primary amides is 2. The summed E-state index contributed by atoms with van der Waals surface area (Å²) in [5.74, 6) is -3.07. The second-order valence-electron chi connectivity index (χ2n) is 16.3. The number of ketones is 1. The molecule has 6 N–H and O–H groups in total. The van der Waals surface area contributed by atoms with Crippen molar-refractivity contribution in [1.29, 1.82) is 0 Å². The summed E-state index contributed by atoms with van der Waals surface area (Å²) in [6.07, 6.45) is 6.98. The number of nitrogens with two attached hydrogens (primary N) is 2. The maximum absolute atomic E-state index is 13.8. The number of fused-ring (bicyclic) bond motifs is 2. The fourth-order valence-corrected chi connectivity index (χ4v) is 7.36. The van der Waals surface area contributed by atoms with Gasteiger partial charge in [-0.15, -0.1) is 0 Å². The number of nitrogens with one attached hydrogen (secondary N) is 2. The quantitative estimate of drug-likeness (QED) is 0.0279. The second kappa shape index (κ2) is 24.7. The van der Waals surface area contributed by atoms with Crippen molar-refractivity contribution in [2.24, 2.45) is 17.4 Å². The highest BCUT2D eigenvalue weighted by molar-refractivity contribution is 6.05. The summed E-state index contributed by atoms with van der Waals surface area (Å²) in [5.41, 5.74) is 13.6. The zero-order valence-corrected chi connectivity index (χ0v) is 40.6. The summed E-state index contributed by atoms with van der Waals surface area (Å²) < 4.78 is 37.0. The summed E-state index contributed by atoms with van der Waals surface area (Å²) in [6.45, 7) is 12.4. The molecule has 0 aliphatic rings. The van der Waals surface area contributed by atoms with Crippen LogP contribution in [-0.4, -0.2) is 109 Å². The van der Waals surface area contributed by atoms with Gasteiger partial charge in [-0.1, -0.05) is 39.8 Å². The molecule has 23 nitrogen and oxygen atoms in total. The molecule has 0 fully saturated rings. The number of anilines is 2. The third kappa shape index (κ3) is 13.5. The molecule has 0 aliphatic carbocycles. The van der Waals surface area contributed by atoms with E-state index in [0.29, 0.717) is 67.0 Å². The number of benzene rings is 1. The Balaban J connectivity index is 1.22. The molecule has 5 heterocycles. The molecule has 23 heteroatoms. The zero-order valence-electron chi connectivity index (χ0n) is 40.6. The van der Waals surface area contributed by atoms with Crippen LogP contribution in [0.5, 0.6) is 5.75 Å². The van der Waals surface area contributed by atoms with Crippen LogP contribution >= 0.6 is 0 Å². The van der Waals surface area contributed by atoms with Crippen molar-refractivity contribution in [3.63, 3.8) is 0 Å². The van der Waals surface area contributed by atoms with E-state index in [1.165, 1.54) is 24.4 Å². The fourth-order valence-electron chi connectivity index (χ4n) is 7.36. The third-order valence-corrected chi connectivity index (χ3v) is 10.8. The van der Waals surface area contributed by atoms with Gasteiger partial charge < -0.3 is 43.8 Å². The van der Waals surface area contributed by atoms with E-state index in [1.54, 1.807) is 42.1 Å². The van der Waals surface area contributed by atoms with E-state index >= 15 is 0 Å². The molecule has 1 aromatic carbocycles. The topological polar surface area (TPSA) is 316 Å². The number of nitrogens with zero attached hydrogens (tertiary/aromatic N) is 7. The van der Waals surface area contributed by atoms with Gasteiger partial charge >= 0.3 is 5.97 Å². The molecule has 0 bridgehead atoms. The van der Waals surface area contributed by atoms with Gasteiger partial charge in [-0.2, -0.15) is 0 Å². The Morgan fingerprint density at radius 1 is 0.718 bits per heavy atom. The molecule has 0 unspecified atom stereocenters. The first-order valence-corrected chi connectivity index (χ1v) is 23.3. The fraction of sp³-hybridized carbons (Fsp3) is 0.438.